The zero-order valence-corrected chi connectivity index (χ0v) is 20.2. The third-order valence-electron chi connectivity index (χ3n) is 4.60. The van der Waals surface area contributed by atoms with Crippen LogP contribution in [-0.2, 0) is 14.3 Å². The topological polar surface area (TPSA) is 132 Å². The Morgan fingerprint density at radius 3 is 2.29 bits per heavy atom. The van der Waals surface area contributed by atoms with E-state index in [4.69, 9.17) is 24.7 Å². The van der Waals surface area contributed by atoms with Crippen LogP contribution in [-0.4, -0.2) is 55.1 Å². The normalized spacial score (nSPS) is 10.5. The minimum atomic E-state index is -0.777. The summed E-state index contributed by atoms with van der Waals surface area (Å²) in [6, 6.07) is 12.0. The molecule has 0 bridgehead atoms. The van der Waals surface area contributed by atoms with Crippen molar-refractivity contribution in [3.63, 3.8) is 0 Å². The number of para-hydroxylation sites is 1. The molecule has 11 heteroatoms. The zero-order valence-electron chi connectivity index (χ0n) is 18.7. The van der Waals surface area contributed by atoms with Gasteiger partial charge in [-0.05, 0) is 47.1 Å². The first kappa shape index (κ1) is 24.8. The Bertz CT molecular complexity index is 1230. The summed E-state index contributed by atoms with van der Waals surface area (Å²) < 4.78 is 22.8. The first-order chi connectivity index (χ1) is 16.3. The van der Waals surface area contributed by atoms with Gasteiger partial charge in [0.1, 0.15) is 11.3 Å². The van der Waals surface area contributed by atoms with Crippen LogP contribution in [0.2, 0.25) is 0 Å². The molecule has 0 fully saturated rings. The van der Waals surface area contributed by atoms with Crippen molar-refractivity contribution < 1.29 is 33.3 Å². The number of esters is 2. The molecule has 0 saturated heterocycles. The Kier molecular flexibility index (Phi) is 7.90. The molecule has 34 heavy (non-hydrogen) atoms. The minimum absolute atomic E-state index is 0.0849. The van der Waals surface area contributed by atoms with Crippen LogP contribution in [0.1, 0.15) is 27.8 Å². The third-order valence-corrected chi connectivity index (χ3v) is 5.19. The maximum Gasteiger partial charge on any atom is 0.357 e. The maximum absolute atomic E-state index is 12.8. The number of methoxy groups -OCH3 is 2. The monoisotopic (exact) mass is 531 g/mol. The Morgan fingerprint density at radius 2 is 1.71 bits per heavy atom. The summed E-state index contributed by atoms with van der Waals surface area (Å²) in [6.45, 7) is 1.71. The van der Waals surface area contributed by atoms with E-state index in [1.807, 2.05) is 6.07 Å². The highest BCUT2D eigenvalue weighted by molar-refractivity contribution is 9.10. The second-order valence-corrected chi connectivity index (χ2v) is 7.63. The average Bonchev–Trinajstić information content (AvgIpc) is 3.23. The van der Waals surface area contributed by atoms with E-state index in [2.05, 4.69) is 21.0 Å². The van der Waals surface area contributed by atoms with Crippen molar-refractivity contribution in [1.29, 1.82) is 0 Å². The molecule has 0 aliphatic carbocycles. The first-order valence-corrected chi connectivity index (χ1v) is 10.8. The smallest absolute Gasteiger partial charge is 0.357 e. The number of aromatic nitrogens is 2. The van der Waals surface area contributed by atoms with Crippen LogP contribution in [0.15, 0.2) is 46.9 Å². The Labute approximate surface area is 203 Å². The van der Waals surface area contributed by atoms with Crippen molar-refractivity contribution in [2.45, 2.75) is 6.92 Å². The van der Waals surface area contributed by atoms with E-state index in [-0.39, 0.29) is 35.1 Å². The largest absolute Gasteiger partial charge is 0.490 e. The van der Waals surface area contributed by atoms with E-state index in [1.165, 1.54) is 18.9 Å². The van der Waals surface area contributed by atoms with Gasteiger partial charge in [-0.25, -0.2) is 14.3 Å². The van der Waals surface area contributed by atoms with Gasteiger partial charge in [-0.15, -0.1) is 0 Å². The van der Waals surface area contributed by atoms with E-state index in [9.17, 15) is 14.4 Å². The number of benzene rings is 2. The minimum Gasteiger partial charge on any atom is -0.490 e. The van der Waals surface area contributed by atoms with Gasteiger partial charge in [0.15, 0.2) is 23.8 Å². The molecular formula is C23H22BrN3O7. The highest BCUT2D eigenvalue weighted by Crippen LogP contribution is 2.41. The van der Waals surface area contributed by atoms with Crippen LogP contribution < -0.4 is 15.2 Å². The van der Waals surface area contributed by atoms with Gasteiger partial charge in [-0.1, -0.05) is 18.2 Å². The second kappa shape index (κ2) is 10.8. The maximum atomic E-state index is 12.8. The molecular weight excluding hydrogens is 510 g/mol. The van der Waals surface area contributed by atoms with Gasteiger partial charge in [-0.3, -0.25) is 4.79 Å². The molecule has 3 rings (SSSR count). The van der Waals surface area contributed by atoms with Crippen LogP contribution in [0.25, 0.3) is 16.9 Å². The fourth-order valence-electron chi connectivity index (χ4n) is 3.21. The molecule has 0 saturated carbocycles. The number of hydrogen-bond donors (Lipinski definition) is 1. The molecule has 0 radical (unpaired) electrons. The predicted molar refractivity (Wildman–Crippen MR) is 125 cm³/mol. The Morgan fingerprint density at radius 1 is 1.03 bits per heavy atom. The average molecular weight is 532 g/mol. The Balaban J connectivity index is 2.30. The lowest BCUT2D eigenvalue weighted by Gasteiger charge is -2.14. The van der Waals surface area contributed by atoms with Crippen molar-refractivity contribution in [1.82, 2.24) is 9.78 Å². The molecule has 0 aliphatic rings. The van der Waals surface area contributed by atoms with Crippen molar-refractivity contribution in [2.24, 2.45) is 5.73 Å². The van der Waals surface area contributed by atoms with Crippen molar-refractivity contribution in [3.05, 3.63) is 58.2 Å². The molecule has 2 N–H and O–H groups in total. The number of carbonyl (C=O) groups excluding carboxylic acids is 3. The summed E-state index contributed by atoms with van der Waals surface area (Å²) in [7, 11) is 2.41. The number of carbonyl (C=O) groups is 3. The van der Waals surface area contributed by atoms with E-state index in [1.54, 1.807) is 43.3 Å². The SMILES string of the molecule is CCOc1cc(-c2nn(-c3ccccc3)c(C(=O)OC)c2C(=O)OC)cc(Br)c1OCC(N)=O. The van der Waals surface area contributed by atoms with Gasteiger partial charge in [0.05, 0.1) is 31.0 Å². The van der Waals surface area contributed by atoms with Crippen LogP contribution in [0.4, 0.5) is 0 Å². The van der Waals surface area contributed by atoms with Gasteiger partial charge < -0.3 is 24.7 Å². The summed E-state index contributed by atoms with van der Waals surface area (Å²) in [5.41, 5.74) is 6.11. The molecule has 2 aromatic carbocycles. The Hall–Kier alpha value is -3.86. The molecule has 0 atom stereocenters. The van der Waals surface area contributed by atoms with Gasteiger partial charge >= 0.3 is 11.9 Å². The van der Waals surface area contributed by atoms with Crippen LogP contribution >= 0.6 is 15.9 Å². The predicted octanol–water partition coefficient (Wildman–Crippen LogP) is 3.14. The molecule has 178 valence electrons. The lowest BCUT2D eigenvalue weighted by molar-refractivity contribution is -0.120. The van der Waals surface area contributed by atoms with Crippen LogP contribution in [0, 0.1) is 0 Å². The standard InChI is InChI=1S/C23H22BrN3O7/c1-4-33-16-11-13(10-15(24)21(16)34-12-17(25)28)19-18(22(29)31-2)20(23(30)32-3)27(26-19)14-8-6-5-7-9-14/h5-11H,4,12H2,1-3H3,(H2,25,28). The first-order valence-electron chi connectivity index (χ1n) is 10.0. The van der Waals surface area contributed by atoms with Crippen LogP contribution in [0.3, 0.4) is 0 Å². The van der Waals surface area contributed by atoms with Gasteiger partial charge in [-0.2, -0.15) is 5.10 Å². The summed E-state index contributed by atoms with van der Waals surface area (Å²) >= 11 is 3.41. The quantitative estimate of drug-likeness (QED) is 0.416. The van der Waals surface area contributed by atoms with Crippen molar-refractivity contribution in [3.8, 4) is 28.4 Å². The molecule has 0 unspecified atom stereocenters. The number of halogens is 1. The highest BCUT2D eigenvalue weighted by Gasteiger charge is 2.32. The third kappa shape index (κ3) is 5.04. The summed E-state index contributed by atoms with van der Waals surface area (Å²) in [5.74, 6) is -1.68. The number of amides is 1. The summed E-state index contributed by atoms with van der Waals surface area (Å²) in [6.07, 6.45) is 0. The van der Waals surface area contributed by atoms with Gasteiger partial charge in [0.2, 0.25) is 0 Å². The number of nitrogens with zero attached hydrogens (tertiary/aromatic N) is 2. The fraction of sp³-hybridized carbons (Fsp3) is 0.217. The molecule has 10 nitrogen and oxygen atoms in total. The lowest BCUT2D eigenvalue weighted by Crippen LogP contribution is -2.20. The molecule has 1 heterocycles. The summed E-state index contributed by atoms with van der Waals surface area (Å²) in [4.78, 5) is 36.8. The molecule has 0 aliphatic heterocycles. The van der Waals surface area contributed by atoms with E-state index >= 15 is 0 Å². The molecule has 0 spiro atoms. The van der Waals surface area contributed by atoms with E-state index in [0.29, 0.717) is 22.3 Å². The summed E-state index contributed by atoms with van der Waals surface area (Å²) in [5, 5.41) is 4.56. The molecule has 3 aromatic rings. The number of ether oxygens (including phenoxy) is 4. The number of primary amides is 1. The van der Waals surface area contributed by atoms with Crippen LogP contribution in [0.5, 0.6) is 11.5 Å². The number of hydrogen-bond acceptors (Lipinski definition) is 8. The number of rotatable bonds is 9. The van der Waals surface area contributed by atoms with Crippen molar-refractivity contribution >= 4 is 33.8 Å². The van der Waals surface area contributed by atoms with Crippen molar-refractivity contribution in [2.75, 3.05) is 27.4 Å². The fourth-order valence-corrected chi connectivity index (χ4v) is 3.76. The molecule has 1 amide bonds. The van der Waals surface area contributed by atoms with E-state index in [0.717, 1.165) is 0 Å². The highest BCUT2D eigenvalue weighted by atomic mass is 79.9. The van der Waals surface area contributed by atoms with E-state index < -0.39 is 17.8 Å². The zero-order chi connectivity index (χ0) is 24.8. The van der Waals surface area contributed by atoms with Gasteiger partial charge in [0.25, 0.3) is 5.91 Å². The number of nitrogens with two attached hydrogens (primary N) is 1. The lowest BCUT2D eigenvalue weighted by atomic mass is 10.0. The molecule has 1 aromatic heterocycles. The second-order valence-electron chi connectivity index (χ2n) is 6.78. The van der Waals surface area contributed by atoms with Gasteiger partial charge in [0, 0.05) is 5.56 Å².